The van der Waals surface area contributed by atoms with Crippen LogP contribution in [0.5, 0.6) is 0 Å². The molecule has 2 N–H and O–H groups in total. The molecule has 22 heavy (non-hydrogen) atoms. The second kappa shape index (κ2) is 6.38. The highest BCUT2D eigenvalue weighted by Crippen LogP contribution is 2.24. The van der Waals surface area contributed by atoms with Gasteiger partial charge in [0.25, 0.3) is 0 Å². The lowest BCUT2D eigenvalue weighted by Crippen LogP contribution is -2.55. The van der Waals surface area contributed by atoms with Crippen LogP contribution in [-0.4, -0.2) is 35.9 Å². The summed E-state index contributed by atoms with van der Waals surface area (Å²) in [6.45, 7) is 11.4. The Kier molecular flexibility index (Phi) is 4.92. The molecule has 0 radical (unpaired) electrons. The predicted octanol–water partition coefficient (Wildman–Crippen LogP) is 2.46. The van der Waals surface area contributed by atoms with Crippen molar-refractivity contribution in [1.29, 1.82) is 0 Å². The van der Waals surface area contributed by atoms with Gasteiger partial charge in [0, 0.05) is 30.7 Å². The monoisotopic (exact) mass is 309 g/mol. The van der Waals surface area contributed by atoms with Gasteiger partial charge < -0.3 is 19.9 Å². The van der Waals surface area contributed by atoms with Crippen molar-refractivity contribution in [2.75, 3.05) is 18.5 Å². The molecule has 0 bridgehead atoms. The van der Waals surface area contributed by atoms with Gasteiger partial charge in [0.1, 0.15) is 5.76 Å². The van der Waals surface area contributed by atoms with E-state index >= 15 is 0 Å². The van der Waals surface area contributed by atoms with Crippen molar-refractivity contribution in [3.05, 3.63) is 11.8 Å². The summed E-state index contributed by atoms with van der Waals surface area (Å²) in [6.07, 6.45) is 1.85. The molecule has 1 fully saturated rings. The van der Waals surface area contributed by atoms with Gasteiger partial charge in [0.05, 0.1) is 5.54 Å². The number of nitrogens with zero attached hydrogens (tertiary/aromatic N) is 1. The number of hydrogen-bond donors (Lipinski definition) is 2. The van der Waals surface area contributed by atoms with Gasteiger partial charge in [-0.2, -0.15) is 0 Å². The lowest BCUT2D eigenvalue weighted by atomic mass is 9.93. The third kappa shape index (κ3) is 4.30. The lowest BCUT2D eigenvalue weighted by Gasteiger charge is -2.32. The molecule has 1 aromatic heterocycles. The third-order valence-corrected chi connectivity index (χ3v) is 3.84. The van der Waals surface area contributed by atoms with Crippen molar-refractivity contribution in [2.45, 2.75) is 64.5 Å². The number of anilines is 1. The molecular weight excluding hydrogens is 282 g/mol. The molecule has 2 rings (SSSR count). The standard InChI is InChI=1S/C16H27N3O3/c1-15(2,3)12-10-13(19-22-12)17-14(20)16(4,5)18-11-6-8-21-9-7-11/h10-11,18H,6-9H2,1-5H3,(H,17,19,20). The molecule has 2 heterocycles. The molecule has 6 nitrogen and oxygen atoms in total. The fourth-order valence-electron chi connectivity index (χ4n) is 2.38. The van der Waals surface area contributed by atoms with Gasteiger partial charge in [-0.25, -0.2) is 0 Å². The van der Waals surface area contributed by atoms with Crippen LogP contribution in [0.15, 0.2) is 10.6 Å². The van der Waals surface area contributed by atoms with E-state index in [-0.39, 0.29) is 11.3 Å². The molecule has 0 unspecified atom stereocenters. The molecule has 124 valence electrons. The summed E-state index contributed by atoms with van der Waals surface area (Å²) in [5, 5.41) is 10.2. The first-order chi connectivity index (χ1) is 10.2. The summed E-state index contributed by atoms with van der Waals surface area (Å²) >= 11 is 0. The first-order valence-corrected chi connectivity index (χ1v) is 7.82. The summed E-state index contributed by atoms with van der Waals surface area (Å²) in [6, 6.07) is 2.08. The molecule has 0 aromatic carbocycles. The highest BCUT2D eigenvalue weighted by molar-refractivity contribution is 5.96. The Morgan fingerprint density at radius 1 is 1.23 bits per heavy atom. The Morgan fingerprint density at radius 2 is 1.86 bits per heavy atom. The second-order valence-corrected chi connectivity index (χ2v) is 7.44. The SMILES string of the molecule is CC(C)(NC1CCOCC1)C(=O)Nc1cc(C(C)(C)C)on1. The van der Waals surface area contributed by atoms with Crippen LogP contribution in [-0.2, 0) is 14.9 Å². The van der Waals surface area contributed by atoms with Crippen molar-refractivity contribution in [1.82, 2.24) is 10.5 Å². The van der Waals surface area contributed by atoms with Crippen molar-refractivity contribution in [2.24, 2.45) is 0 Å². The minimum Gasteiger partial charge on any atom is -0.381 e. The highest BCUT2D eigenvalue weighted by atomic mass is 16.5. The van der Waals surface area contributed by atoms with Crippen LogP contribution in [0, 0.1) is 0 Å². The molecule has 0 aliphatic carbocycles. The fourth-order valence-corrected chi connectivity index (χ4v) is 2.38. The van der Waals surface area contributed by atoms with E-state index in [0.717, 1.165) is 31.8 Å². The first-order valence-electron chi connectivity index (χ1n) is 7.82. The van der Waals surface area contributed by atoms with Crippen LogP contribution in [0.4, 0.5) is 5.82 Å². The van der Waals surface area contributed by atoms with Gasteiger partial charge >= 0.3 is 0 Å². The molecular formula is C16H27N3O3. The Bertz CT molecular complexity index is 511. The summed E-state index contributed by atoms with van der Waals surface area (Å²) in [7, 11) is 0. The number of rotatable bonds is 4. The fraction of sp³-hybridized carbons (Fsp3) is 0.750. The topological polar surface area (TPSA) is 76.4 Å². The van der Waals surface area contributed by atoms with E-state index in [1.807, 2.05) is 34.6 Å². The van der Waals surface area contributed by atoms with E-state index in [0.29, 0.717) is 11.9 Å². The highest BCUT2D eigenvalue weighted by Gasteiger charge is 2.31. The van der Waals surface area contributed by atoms with Crippen LogP contribution in [0.2, 0.25) is 0 Å². The smallest absolute Gasteiger partial charge is 0.245 e. The number of carbonyl (C=O) groups is 1. The van der Waals surface area contributed by atoms with Crippen LogP contribution < -0.4 is 10.6 Å². The second-order valence-electron chi connectivity index (χ2n) is 7.44. The number of carbonyl (C=O) groups excluding carboxylic acids is 1. The average molecular weight is 309 g/mol. The quantitative estimate of drug-likeness (QED) is 0.893. The van der Waals surface area contributed by atoms with Crippen molar-refractivity contribution in [3.63, 3.8) is 0 Å². The predicted molar refractivity (Wildman–Crippen MR) is 84.9 cm³/mol. The van der Waals surface area contributed by atoms with E-state index in [4.69, 9.17) is 9.26 Å². The molecule has 0 atom stereocenters. The number of nitrogens with one attached hydrogen (secondary N) is 2. The molecule has 0 spiro atoms. The molecule has 1 saturated heterocycles. The number of aromatic nitrogens is 1. The van der Waals surface area contributed by atoms with Gasteiger partial charge in [0.2, 0.25) is 5.91 Å². The van der Waals surface area contributed by atoms with Gasteiger partial charge in [-0.3, -0.25) is 4.79 Å². The number of amides is 1. The summed E-state index contributed by atoms with van der Waals surface area (Å²) in [4.78, 5) is 12.5. The van der Waals surface area contributed by atoms with E-state index in [9.17, 15) is 4.79 Å². The van der Waals surface area contributed by atoms with Gasteiger partial charge in [-0.05, 0) is 26.7 Å². The Hall–Kier alpha value is -1.40. The van der Waals surface area contributed by atoms with Crippen LogP contribution in [0.1, 0.15) is 53.2 Å². The third-order valence-electron chi connectivity index (χ3n) is 3.84. The van der Waals surface area contributed by atoms with E-state index in [2.05, 4.69) is 15.8 Å². The Morgan fingerprint density at radius 3 is 2.41 bits per heavy atom. The maximum absolute atomic E-state index is 12.5. The zero-order chi connectivity index (χ0) is 16.4. The average Bonchev–Trinajstić information content (AvgIpc) is 2.88. The molecule has 6 heteroatoms. The molecule has 1 amide bonds. The zero-order valence-electron chi connectivity index (χ0n) is 14.2. The van der Waals surface area contributed by atoms with Crippen molar-refractivity contribution < 1.29 is 14.1 Å². The Labute approximate surface area is 132 Å². The maximum atomic E-state index is 12.5. The molecule has 1 aromatic rings. The molecule has 1 aliphatic rings. The Balaban J connectivity index is 1.96. The largest absolute Gasteiger partial charge is 0.381 e. The number of hydrogen-bond acceptors (Lipinski definition) is 5. The van der Waals surface area contributed by atoms with E-state index in [1.54, 1.807) is 6.07 Å². The molecule has 1 aliphatic heterocycles. The van der Waals surface area contributed by atoms with Gasteiger partial charge in [0.15, 0.2) is 5.82 Å². The first kappa shape index (κ1) is 17.0. The van der Waals surface area contributed by atoms with Crippen molar-refractivity contribution >= 4 is 11.7 Å². The van der Waals surface area contributed by atoms with Crippen LogP contribution >= 0.6 is 0 Å². The molecule has 0 saturated carbocycles. The normalized spacial score (nSPS) is 17.5. The summed E-state index contributed by atoms with van der Waals surface area (Å²) in [5.41, 5.74) is -0.811. The van der Waals surface area contributed by atoms with E-state index in [1.165, 1.54) is 0 Å². The van der Waals surface area contributed by atoms with Gasteiger partial charge in [-0.1, -0.05) is 25.9 Å². The van der Waals surface area contributed by atoms with E-state index < -0.39 is 5.54 Å². The number of ether oxygens (including phenoxy) is 1. The minimum atomic E-state index is -0.678. The van der Waals surface area contributed by atoms with Crippen molar-refractivity contribution in [3.8, 4) is 0 Å². The lowest BCUT2D eigenvalue weighted by molar-refractivity contribution is -0.121. The zero-order valence-corrected chi connectivity index (χ0v) is 14.2. The maximum Gasteiger partial charge on any atom is 0.245 e. The minimum absolute atomic E-state index is 0.118. The summed E-state index contributed by atoms with van der Waals surface area (Å²) in [5.74, 6) is 1.09. The van der Waals surface area contributed by atoms with Gasteiger partial charge in [-0.15, -0.1) is 0 Å². The summed E-state index contributed by atoms with van der Waals surface area (Å²) < 4.78 is 10.6. The van der Waals surface area contributed by atoms with Crippen LogP contribution in [0.3, 0.4) is 0 Å². The van der Waals surface area contributed by atoms with Crippen LogP contribution in [0.25, 0.3) is 0 Å².